The van der Waals surface area contributed by atoms with Gasteiger partial charge in [-0.15, -0.1) is 0 Å². The molecule has 0 aliphatic carbocycles. The normalized spacial score (nSPS) is 11.0. The van der Waals surface area contributed by atoms with E-state index in [0.29, 0.717) is 0 Å². The van der Waals surface area contributed by atoms with Crippen molar-refractivity contribution in [1.29, 1.82) is 5.26 Å². The summed E-state index contributed by atoms with van der Waals surface area (Å²) < 4.78 is 0. The van der Waals surface area contributed by atoms with E-state index in [1.54, 1.807) is 6.08 Å². The van der Waals surface area contributed by atoms with Gasteiger partial charge in [0.2, 0.25) is 0 Å². The first-order valence-electron chi connectivity index (χ1n) is 5.58. The van der Waals surface area contributed by atoms with Gasteiger partial charge in [0.15, 0.2) is 0 Å². The summed E-state index contributed by atoms with van der Waals surface area (Å²) in [5, 5.41) is 13.5. The third-order valence-electron chi connectivity index (χ3n) is 2.72. The van der Waals surface area contributed by atoms with Crippen molar-refractivity contribution < 1.29 is 4.79 Å². The van der Waals surface area contributed by atoms with E-state index in [4.69, 9.17) is 5.26 Å². The molecule has 2 aromatic rings. The SMILES string of the molecule is CNC(=O)/C(C#N)=C/c1cccc2ccccc12. The highest BCUT2D eigenvalue weighted by Crippen LogP contribution is 2.20. The van der Waals surface area contributed by atoms with Crippen LogP contribution in [-0.2, 0) is 4.79 Å². The van der Waals surface area contributed by atoms with Crippen LogP contribution in [0.4, 0.5) is 0 Å². The maximum atomic E-state index is 11.5. The van der Waals surface area contributed by atoms with Crippen LogP contribution >= 0.6 is 0 Å². The third-order valence-corrected chi connectivity index (χ3v) is 2.72. The van der Waals surface area contributed by atoms with E-state index in [0.717, 1.165) is 16.3 Å². The number of nitrogens with one attached hydrogen (secondary N) is 1. The van der Waals surface area contributed by atoms with Crippen molar-refractivity contribution in [2.45, 2.75) is 0 Å². The number of benzene rings is 2. The second-order valence-corrected chi connectivity index (χ2v) is 3.82. The summed E-state index contributed by atoms with van der Waals surface area (Å²) in [6, 6.07) is 15.6. The van der Waals surface area contributed by atoms with Crippen LogP contribution in [0, 0.1) is 11.3 Å². The molecule has 0 aliphatic heterocycles. The quantitative estimate of drug-likeness (QED) is 0.643. The summed E-state index contributed by atoms with van der Waals surface area (Å²) in [6.45, 7) is 0. The summed E-state index contributed by atoms with van der Waals surface area (Å²) in [4.78, 5) is 11.5. The van der Waals surface area contributed by atoms with Gasteiger partial charge in [-0.25, -0.2) is 0 Å². The fourth-order valence-corrected chi connectivity index (χ4v) is 1.82. The van der Waals surface area contributed by atoms with Crippen LogP contribution in [0.5, 0.6) is 0 Å². The Bertz CT molecular complexity index is 660. The zero-order chi connectivity index (χ0) is 13.0. The Hall–Kier alpha value is -2.60. The Labute approximate surface area is 105 Å². The molecule has 1 amide bonds. The molecular formula is C15H12N2O. The number of nitrogens with zero attached hydrogens (tertiary/aromatic N) is 1. The second-order valence-electron chi connectivity index (χ2n) is 3.82. The van der Waals surface area contributed by atoms with Gasteiger partial charge in [-0.05, 0) is 22.4 Å². The summed E-state index contributed by atoms with van der Waals surface area (Å²) in [7, 11) is 1.51. The molecule has 0 radical (unpaired) electrons. The van der Waals surface area contributed by atoms with Crippen LogP contribution in [-0.4, -0.2) is 13.0 Å². The van der Waals surface area contributed by atoms with E-state index in [9.17, 15) is 4.79 Å². The van der Waals surface area contributed by atoms with Gasteiger partial charge in [0.05, 0.1) is 0 Å². The fourth-order valence-electron chi connectivity index (χ4n) is 1.82. The molecule has 1 N–H and O–H groups in total. The molecule has 0 heterocycles. The van der Waals surface area contributed by atoms with Crippen LogP contribution in [0.25, 0.3) is 16.8 Å². The largest absolute Gasteiger partial charge is 0.354 e. The minimum absolute atomic E-state index is 0.105. The molecule has 3 heteroatoms. The van der Waals surface area contributed by atoms with Gasteiger partial charge in [-0.2, -0.15) is 5.26 Å². The molecule has 0 aliphatic rings. The second kappa shape index (κ2) is 5.15. The molecular weight excluding hydrogens is 224 g/mol. The summed E-state index contributed by atoms with van der Waals surface area (Å²) in [6.07, 6.45) is 1.61. The molecule has 3 nitrogen and oxygen atoms in total. The standard InChI is InChI=1S/C15H12N2O/c1-17-15(18)13(10-16)9-12-7-4-6-11-5-2-3-8-14(11)12/h2-9H,1H3,(H,17,18)/b13-9+. The van der Waals surface area contributed by atoms with Gasteiger partial charge >= 0.3 is 0 Å². The molecule has 0 unspecified atom stereocenters. The van der Waals surface area contributed by atoms with Crippen molar-refractivity contribution in [2.75, 3.05) is 7.05 Å². The van der Waals surface area contributed by atoms with Gasteiger partial charge in [-0.1, -0.05) is 42.5 Å². The Morgan fingerprint density at radius 2 is 1.94 bits per heavy atom. The monoisotopic (exact) mass is 236 g/mol. The number of carbonyl (C=O) groups excluding carboxylic acids is 1. The van der Waals surface area contributed by atoms with Crippen molar-refractivity contribution in [3.63, 3.8) is 0 Å². The van der Waals surface area contributed by atoms with E-state index in [1.807, 2.05) is 48.5 Å². The maximum absolute atomic E-state index is 11.5. The van der Waals surface area contributed by atoms with Gasteiger partial charge in [-0.3, -0.25) is 4.79 Å². The summed E-state index contributed by atoms with van der Waals surface area (Å²) in [5.41, 5.74) is 0.974. The molecule has 18 heavy (non-hydrogen) atoms. The van der Waals surface area contributed by atoms with E-state index >= 15 is 0 Å². The lowest BCUT2D eigenvalue weighted by molar-refractivity contribution is -0.116. The molecule has 0 saturated heterocycles. The van der Waals surface area contributed by atoms with Gasteiger partial charge in [0.1, 0.15) is 11.6 Å². The molecule has 0 atom stereocenters. The number of hydrogen-bond donors (Lipinski definition) is 1. The van der Waals surface area contributed by atoms with Crippen LogP contribution in [0.1, 0.15) is 5.56 Å². The molecule has 2 aromatic carbocycles. The Morgan fingerprint density at radius 1 is 1.22 bits per heavy atom. The number of hydrogen-bond acceptors (Lipinski definition) is 2. The lowest BCUT2D eigenvalue weighted by atomic mass is 10.0. The zero-order valence-electron chi connectivity index (χ0n) is 9.97. The Balaban J connectivity index is 2.59. The van der Waals surface area contributed by atoms with Crippen molar-refractivity contribution in [2.24, 2.45) is 0 Å². The van der Waals surface area contributed by atoms with Crippen LogP contribution in [0.2, 0.25) is 0 Å². The van der Waals surface area contributed by atoms with Gasteiger partial charge in [0.25, 0.3) is 5.91 Å². The number of likely N-dealkylation sites (N-methyl/N-ethyl adjacent to an activating group) is 1. The zero-order valence-corrected chi connectivity index (χ0v) is 9.97. The molecule has 0 fully saturated rings. The van der Waals surface area contributed by atoms with Crippen molar-refractivity contribution >= 4 is 22.8 Å². The lowest BCUT2D eigenvalue weighted by Crippen LogP contribution is -2.19. The average Bonchev–Trinajstić information content (AvgIpc) is 2.44. The van der Waals surface area contributed by atoms with Crippen molar-refractivity contribution in [1.82, 2.24) is 5.32 Å². The molecule has 0 aromatic heterocycles. The predicted octanol–water partition coefficient (Wildman–Crippen LogP) is 2.49. The van der Waals surface area contributed by atoms with Crippen molar-refractivity contribution in [3.8, 4) is 6.07 Å². The third kappa shape index (κ3) is 2.23. The van der Waals surface area contributed by atoms with E-state index < -0.39 is 0 Å². The highest BCUT2D eigenvalue weighted by molar-refractivity contribution is 6.03. The molecule has 0 saturated carbocycles. The minimum atomic E-state index is -0.370. The molecule has 2 rings (SSSR count). The van der Waals surface area contributed by atoms with Crippen molar-refractivity contribution in [3.05, 3.63) is 53.6 Å². The maximum Gasteiger partial charge on any atom is 0.261 e. The molecule has 0 spiro atoms. The number of carbonyl (C=O) groups is 1. The van der Waals surface area contributed by atoms with E-state index in [1.165, 1.54) is 7.05 Å². The van der Waals surface area contributed by atoms with Crippen LogP contribution < -0.4 is 5.32 Å². The van der Waals surface area contributed by atoms with Crippen LogP contribution in [0.3, 0.4) is 0 Å². The fraction of sp³-hybridized carbons (Fsp3) is 0.0667. The first-order valence-corrected chi connectivity index (χ1v) is 5.58. The Kier molecular flexibility index (Phi) is 3.40. The summed E-state index contributed by atoms with van der Waals surface area (Å²) in [5.74, 6) is -0.370. The average molecular weight is 236 g/mol. The number of fused-ring (bicyclic) bond motifs is 1. The van der Waals surface area contributed by atoms with E-state index in [-0.39, 0.29) is 11.5 Å². The first-order chi connectivity index (χ1) is 8.76. The Morgan fingerprint density at radius 3 is 2.67 bits per heavy atom. The van der Waals surface area contributed by atoms with Gasteiger partial charge < -0.3 is 5.32 Å². The highest BCUT2D eigenvalue weighted by Gasteiger charge is 2.07. The number of nitriles is 1. The topological polar surface area (TPSA) is 52.9 Å². The lowest BCUT2D eigenvalue weighted by Gasteiger charge is -2.03. The van der Waals surface area contributed by atoms with Gasteiger partial charge in [0, 0.05) is 7.05 Å². The summed E-state index contributed by atoms with van der Waals surface area (Å²) >= 11 is 0. The highest BCUT2D eigenvalue weighted by atomic mass is 16.1. The van der Waals surface area contributed by atoms with Crippen LogP contribution in [0.15, 0.2) is 48.0 Å². The predicted molar refractivity (Wildman–Crippen MR) is 71.6 cm³/mol. The number of amides is 1. The minimum Gasteiger partial charge on any atom is -0.354 e. The number of rotatable bonds is 2. The molecule has 88 valence electrons. The van der Waals surface area contributed by atoms with E-state index in [2.05, 4.69) is 5.32 Å². The first kappa shape index (κ1) is 11.9. The smallest absolute Gasteiger partial charge is 0.261 e. The molecule has 0 bridgehead atoms.